The Hall–Kier alpha value is -1.92. The summed E-state index contributed by atoms with van der Waals surface area (Å²) < 4.78 is 5.28. The van der Waals surface area contributed by atoms with Crippen molar-refractivity contribution in [1.82, 2.24) is 10.2 Å². The van der Waals surface area contributed by atoms with E-state index < -0.39 is 5.54 Å². The van der Waals surface area contributed by atoms with Gasteiger partial charge in [-0.05, 0) is 11.1 Å². The molecular formula is C15H19N3O3. The fraction of sp³-hybridized carbons (Fsp3) is 0.467. The van der Waals surface area contributed by atoms with Gasteiger partial charge in [-0.15, -0.1) is 0 Å². The molecule has 0 atom stereocenters. The summed E-state index contributed by atoms with van der Waals surface area (Å²) in [4.78, 5) is 26.0. The Bertz CT molecular complexity index is 550. The number of carbonyl (C=O) groups excluding carboxylic acids is 2. The Labute approximate surface area is 123 Å². The number of nitrogens with one attached hydrogen (secondary N) is 1. The van der Waals surface area contributed by atoms with Crippen LogP contribution in [0.15, 0.2) is 24.3 Å². The number of ether oxygens (including phenoxy) is 1. The number of nitrogens with zero attached hydrogens (tertiary/aromatic N) is 1. The van der Waals surface area contributed by atoms with Gasteiger partial charge in [-0.25, -0.2) is 4.79 Å². The highest BCUT2D eigenvalue weighted by Crippen LogP contribution is 2.29. The third-order valence-electron chi connectivity index (χ3n) is 4.19. The predicted octanol–water partition coefficient (Wildman–Crippen LogP) is 0.746. The molecule has 0 unspecified atom stereocenters. The van der Waals surface area contributed by atoms with Crippen LogP contribution in [0.5, 0.6) is 0 Å². The Kier molecular flexibility index (Phi) is 3.65. The van der Waals surface area contributed by atoms with Crippen molar-refractivity contribution in [3.05, 3.63) is 35.4 Å². The second-order valence-electron chi connectivity index (χ2n) is 5.54. The molecule has 2 aliphatic heterocycles. The molecule has 2 saturated heterocycles. The van der Waals surface area contributed by atoms with Crippen molar-refractivity contribution in [1.29, 1.82) is 0 Å². The Morgan fingerprint density at radius 3 is 2.38 bits per heavy atom. The Balaban J connectivity index is 1.75. The zero-order chi connectivity index (χ0) is 14.9. The fourth-order valence-corrected chi connectivity index (χ4v) is 2.84. The molecule has 1 aromatic rings. The van der Waals surface area contributed by atoms with Gasteiger partial charge in [0.2, 0.25) is 0 Å². The van der Waals surface area contributed by atoms with Crippen molar-refractivity contribution >= 4 is 11.9 Å². The SMILES string of the molecule is NCc1ccc(CN2C(=O)NC3(CCOCC3)C2=O)cc1. The van der Waals surface area contributed by atoms with Crippen LogP contribution in [0, 0.1) is 0 Å². The minimum Gasteiger partial charge on any atom is -0.381 e. The van der Waals surface area contributed by atoms with Gasteiger partial charge >= 0.3 is 6.03 Å². The molecule has 0 saturated carbocycles. The van der Waals surface area contributed by atoms with E-state index in [4.69, 9.17) is 10.5 Å². The number of imide groups is 1. The fourth-order valence-electron chi connectivity index (χ4n) is 2.84. The van der Waals surface area contributed by atoms with Crippen LogP contribution in [0.2, 0.25) is 0 Å². The monoisotopic (exact) mass is 289 g/mol. The zero-order valence-electron chi connectivity index (χ0n) is 11.8. The topological polar surface area (TPSA) is 84.7 Å². The third kappa shape index (κ3) is 2.52. The summed E-state index contributed by atoms with van der Waals surface area (Å²) in [6.07, 6.45) is 1.08. The number of hydrogen-bond donors (Lipinski definition) is 2. The van der Waals surface area contributed by atoms with Gasteiger partial charge in [0.1, 0.15) is 5.54 Å². The van der Waals surface area contributed by atoms with Crippen molar-refractivity contribution in [3.8, 4) is 0 Å². The highest BCUT2D eigenvalue weighted by Gasteiger charge is 2.51. The molecule has 2 heterocycles. The molecule has 0 aliphatic carbocycles. The van der Waals surface area contributed by atoms with Crippen LogP contribution in [0.25, 0.3) is 0 Å². The van der Waals surface area contributed by atoms with Crippen LogP contribution in [0.1, 0.15) is 24.0 Å². The van der Waals surface area contributed by atoms with Gasteiger partial charge in [0.05, 0.1) is 6.54 Å². The summed E-state index contributed by atoms with van der Waals surface area (Å²) in [5.74, 6) is -0.140. The molecule has 0 radical (unpaired) electrons. The molecule has 3 rings (SSSR count). The second-order valence-corrected chi connectivity index (χ2v) is 5.54. The van der Waals surface area contributed by atoms with Gasteiger partial charge in [0, 0.05) is 32.6 Å². The number of rotatable bonds is 3. The van der Waals surface area contributed by atoms with Gasteiger partial charge in [-0.3, -0.25) is 9.69 Å². The van der Waals surface area contributed by atoms with Gasteiger partial charge in [-0.2, -0.15) is 0 Å². The van der Waals surface area contributed by atoms with Crippen LogP contribution in [-0.2, 0) is 22.6 Å². The largest absolute Gasteiger partial charge is 0.381 e. The van der Waals surface area contributed by atoms with Crippen LogP contribution < -0.4 is 11.1 Å². The summed E-state index contributed by atoms with van der Waals surface area (Å²) in [7, 11) is 0. The number of nitrogens with two attached hydrogens (primary N) is 1. The minimum absolute atomic E-state index is 0.140. The number of amides is 3. The highest BCUT2D eigenvalue weighted by molar-refractivity contribution is 6.07. The molecule has 1 spiro atoms. The molecule has 21 heavy (non-hydrogen) atoms. The second kappa shape index (κ2) is 5.46. The minimum atomic E-state index is -0.757. The molecule has 1 aromatic carbocycles. The number of carbonyl (C=O) groups is 2. The quantitative estimate of drug-likeness (QED) is 0.804. The molecule has 6 heteroatoms. The number of urea groups is 1. The third-order valence-corrected chi connectivity index (χ3v) is 4.19. The van der Waals surface area contributed by atoms with Crippen LogP contribution in [0.3, 0.4) is 0 Å². The molecule has 2 fully saturated rings. The molecule has 6 nitrogen and oxygen atoms in total. The van der Waals surface area contributed by atoms with Gasteiger partial charge in [0.25, 0.3) is 5.91 Å². The average Bonchev–Trinajstić information content (AvgIpc) is 2.73. The summed E-state index contributed by atoms with van der Waals surface area (Å²) in [5, 5.41) is 2.85. The normalized spacial score (nSPS) is 20.9. The standard InChI is InChI=1S/C15H19N3O3/c16-9-11-1-3-12(4-2-11)10-18-13(19)15(17-14(18)20)5-7-21-8-6-15/h1-4H,5-10,16H2,(H,17,20). The lowest BCUT2D eigenvalue weighted by molar-refractivity contribution is -0.134. The summed E-state index contributed by atoms with van der Waals surface area (Å²) in [6.45, 7) is 1.78. The van der Waals surface area contributed by atoms with Crippen molar-refractivity contribution in [2.45, 2.75) is 31.5 Å². The molecule has 2 aliphatic rings. The lowest BCUT2D eigenvalue weighted by atomic mass is 9.90. The molecule has 0 aromatic heterocycles. The van der Waals surface area contributed by atoms with E-state index in [1.54, 1.807) is 0 Å². The Morgan fingerprint density at radius 1 is 1.14 bits per heavy atom. The predicted molar refractivity (Wildman–Crippen MR) is 76.2 cm³/mol. The molecule has 3 N–H and O–H groups in total. The van der Waals surface area contributed by atoms with E-state index in [0.717, 1.165) is 11.1 Å². The van der Waals surface area contributed by atoms with Crippen LogP contribution in [0.4, 0.5) is 4.79 Å². The maximum atomic E-state index is 12.6. The zero-order valence-corrected chi connectivity index (χ0v) is 11.8. The van der Waals surface area contributed by atoms with Crippen molar-refractivity contribution in [2.75, 3.05) is 13.2 Å². The first-order valence-corrected chi connectivity index (χ1v) is 7.14. The molecule has 112 valence electrons. The molecule has 3 amide bonds. The summed E-state index contributed by atoms with van der Waals surface area (Å²) in [5.41, 5.74) is 6.74. The van der Waals surface area contributed by atoms with E-state index in [1.807, 2.05) is 24.3 Å². The van der Waals surface area contributed by atoms with Crippen molar-refractivity contribution < 1.29 is 14.3 Å². The summed E-state index contributed by atoms with van der Waals surface area (Å²) >= 11 is 0. The maximum absolute atomic E-state index is 12.6. The van der Waals surface area contributed by atoms with E-state index >= 15 is 0 Å². The highest BCUT2D eigenvalue weighted by atomic mass is 16.5. The van der Waals surface area contributed by atoms with Crippen molar-refractivity contribution in [2.24, 2.45) is 5.73 Å². The first-order valence-electron chi connectivity index (χ1n) is 7.14. The van der Waals surface area contributed by atoms with E-state index in [1.165, 1.54) is 4.90 Å². The lowest BCUT2D eigenvalue weighted by Crippen LogP contribution is -2.51. The van der Waals surface area contributed by atoms with Crippen LogP contribution in [-0.4, -0.2) is 35.6 Å². The van der Waals surface area contributed by atoms with E-state index in [9.17, 15) is 9.59 Å². The van der Waals surface area contributed by atoms with Crippen molar-refractivity contribution in [3.63, 3.8) is 0 Å². The molecular weight excluding hydrogens is 270 g/mol. The van der Waals surface area contributed by atoms with Gasteiger partial charge in [-0.1, -0.05) is 24.3 Å². The van der Waals surface area contributed by atoms with Gasteiger partial charge in [0.15, 0.2) is 0 Å². The first-order chi connectivity index (χ1) is 10.1. The average molecular weight is 289 g/mol. The molecule has 0 bridgehead atoms. The summed E-state index contributed by atoms with van der Waals surface area (Å²) in [6, 6.07) is 7.32. The first kappa shape index (κ1) is 14.0. The van der Waals surface area contributed by atoms with E-state index in [2.05, 4.69) is 5.32 Å². The van der Waals surface area contributed by atoms with E-state index in [-0.39, 0.29) is 18.5 Å². The number of hydrogen-bond acceptors (Lipinski definition) is 4. The Morgan fingerprint density at radius 2 is 1.76 bits per heavy atom. The maximum Gasteiger partial charge on any atom is 0.325 e. The number of benzene rings is 1. The van der Waals surface area contributed by atoms with Crippen LogP contribution >= 0.6 is 0 Å². The lowest BCUT2D eigenvalue weighted by Gasteiger charge is -2.30. The van der Waals surface area contributed by atoms with E-state index in [0.29, 0.717) is 32.6 Å². The smallest absolute Gasteiger partial charge is 0.325 e. The van der Waals surface area contributed by atoms with Gasteiger partial charge < -0.3 is 15.8 Å².